The second-order valence-corrected chi connectivity index (χ2v) is 5.84. The van der Waals surface area contributed by atoms with Gasteiger partial charge in [0.05, 0.1) is 19.6 Å². The minimum atomic E-state index is 0.731. The van der Waals surface area contributed by atoms with E-state index in [1.807, 2.05) is 24.5 Å². The lowest BCUT2D eigenvalue weighted by atomic mass is 10.1. The van der Waals surface area contributed by atoms with Crippen molar-refractivity contribution in [3.63, 3.8) is 0 Å². The zero-order valence-corrected chi connectivity index (χ0v) is 14.6. The van der Waals surface area contributed by atoms with Gasteiger partial charge in [0.15, 0.2) is 17.1 Å². The predicted molar refractivity (Wildman–Crippen MR) is 95.2 cm³/mol. The molecule has 0 aliphatic rings. The zero-order valence-electron chi connectivity index (χ0n) is 13.8. The fraction of sp³-hybridized carbons (Fsp3) is 0.312. The first-order valence-electron chi connectivity index (χ1n) is 7.44. The van der Waals surface area contributed by atoms with Gasteiger partial charge in [0, 0.05) is 6.54 Å². The summed E-state index contributed by atoms with van der Waals surface area (Å²) in [4.78, 5) is 8.55. The third-order valence-electron chi connectivity index (χ3n) is 3.67. The Morgan fingerprint density at radius 1 is 1.17 bits per heavy atom. The van der Waals surface area contributed by atoms with Crippen molar-refractivity contribution in [1.82, 2.24) is 20.2 Å². The van der Waals surface area contributed by atoms with Crippen molar-refractivity contribution in [3.05, 3.63) is 30.1 Å². The Labute approximate surface area is 144 Å². The van der Waals surface area contributed by atoms with Crippen LogP contribution in [0.5, 0.6) is 11.5 Å². The van der Waals surface area contributed by atoms with Crippen LogP contribution >= 0.6 is 11.8 Å². The molecule has 126 valence electrons. The molecule has 3 rings (SSSR count). The highest BCUT2D eigenvalue weighted by atomic mass is 32.2. The van der Waals surface area contributed by atoms with Crippen LogP contribution in [-0.4, -0.2) is 47.2 Å². The van der Waals surface area contributed by atoms with Gasteiger partial charge in [-0.05, 0) is 30.4 Å². The maximum Gasteiger partial charge on any atom is 0.161 e. The Kier molecular flexibility index (Phi) is 5.05. The Bertz CT molecular complexity index is 836. The van der Waals surface area contributed by atoms with E-state index >= 15 is 0 Å². The third kappa shape index (κ3) is 3.23. The van der Waals surface area contributed by atoms with E-state index in [0.717, 1.165) is 51.9 Å². The maximum absolute atomic E-state index is 5.34. The minimum Gasteiger partial charge on any atom is -0.493 e. The van der Waals surface area contributed by atoms with E-state index in [1.165, 1.54) is 6.33 Å². The summed E-state index contributed by atoms with van der Waals surface area (Å²) < 4.78 is 10.6. The molecule has 0 atom stereocenters. The van der Waals surface area contributed by atoms with Gasteiger partial charge in [-0.25, -0.2) is 9.97 Å². The van der Waals surface area contributed by atoms with Gasteiger partial charge in [0.1, 0.15) is 17.2 Å². The first kappa shape index (κ1) is 16.4. The SMILES string of the molecule is COc1ccc(CCNc2ncnc3[nH]nc(SC)c23)cc1OC. The molecule has 0 saturated heterocycles. The fourth-order valence-corrected chi connectivity index (χ4v) is 3.01. The molecule has 0 aliphatic heterocycles. The molecule has 1 aromatic carbocycles. The molecule has 2 aromatic heterocycles. The lowest BCUT2D eigenvalue weighted by Crippen LogP contribution is -2.07. The second-order valence-electron chi connectivity index (χ2n) is 5.04. The first-order chi connectivity index (χ1) is 11.8. The number of anilines is 1. The third-order valence-corrected chi connectivity index (χ3v) is 4.35. The highest BCUT2D eigenvalue weighted by molar-refractivity contribution is 7.98. The molecule has 24 heavy (non-hydrogen) atoms. The average Bonchev–Trinajstić information content (AvgIpc) is 3.05. The van der Waals surface area contributed by atoms with Gasteiger partial charge in [-0.3, -0.25) is 5.10 Å². The Balaban J connectivity index is 1.72. The molecule has 0 fully saturated rings. The number of hydrogen-bond donors (Lipinski definition) is 2. The van der Waals surface area contributed by atoms with Gasteiger partial charge in [-0.1, -0.05) is 6.07 Å². The van der Waals surface area contributed by atoms with Crippen molar-refractivity contribution in [2.45, 2.75) is 11.4 Å². The molecule has 0 saturated carbocycles. The van der Waals surface area contributed by atoms with E-state index in [1.54, 1.807) is 26.0 Å². The van der Waals surface area contributed by atoms with E-state index in [2.05, 4.69) is 25.5 Å². The van der Waals surface area contributed by atoms with Crippen LogP contribution in [0, 0.1) is 0 Å². The van der Waals surface area contributed by atoms with E-state index in [9.17, 15) is 0 Å². The highest BCUT2D eigenvalue weighted by Gasteiger charge is 2.12. The van der Waals surface area contributed by atoms with Crippen LogP contribution in [0.25, 0.3) is 11.0 Å². The molecule has 2 N–H and O–H groups in total. The number of fused-ring (bicyclic) bond motifs is 1. The number of thioether (sulfide) groups is 1. The number of aromatic nitrogens is 4. The van der Waals surface area contributed by atoms with Gasteiger partial charge in [0.2, 0.25) is 0 Å². The van der Waals surface area contributed by atoms with Crippen molar-refractivity contribution >= 4 is 28.6 Å². The number of hydrogen-bond acceptors (Lipinski definition) is 7. The number of ether oxygens (including phenoxy) is 2. The number of rotatable bonds is 7. The summed E-state index contributed by atoms with van der Waals surface area (Å²) in [6.07, 6.45) is 4.34. The molecular formula is C16H19N5O2S. The van der Waals surface area contributed by atoms with Crippen molar-refractivity contribution < 1.29 is 9.47 Å². The van der Waals surface area contributed by atoms with Crippen LogP contribution < -0.4 is 14.8 Å². The summed E-state index contributed by atoms with van der Waals surface area (Å²) in [6.45, 7) is 0.737. The van der Waals surface area contributed by atoms with Crippen LogP contribution in [0.4, 0.5) is 5.82 Å². The van der Waals surface area contributed by atoms with E-state index < -0.39 is 0 Å². The van der Waals surface area contributed by atoms with Crippen molar-refractivity contribution in [3.8, 4) is 11.5 Å². The van der Waals surface area contributed by atoms with Crippen LogP contribution in [0.2, 0.25) is 0 Å². The van der Waals surface area contributed by atoms with E-state index in [4.69, 9.17) is 9.47 Å². The number of nitrogens with zero attached hydrogens (tertiary/aromatic N) is 3. The number of H-pyrrole nitrogens is 1. The minimum absolute atomic E-state index is 0.731. The molecule has 3 aromatic rings. The first-order valence-corrected chi connectivity index (χ1v) is 8.67. The van der Waals surface area contributed by atoms with Crippen molar-refractivity contribution in [2.75, 3.05) is 32.3 Å². The summed E-state index contributed by atoms with van der Waals surface area (Å²) in [5.74, 6) is 2.26. The Morgan fingerprint density at radius 2 is 2.00 bits per heavy atom. The summed E-state index contributed by atoms with van der Waals surface area (Å²) in [5.41, 5.74) is 1.89. The highest BCUT2D eigenvalue weighted by Crippen LogP contribution is 2.29. The number of benzene rings is 1. The maximum atomic E-state index is 5.34. The molecule has 7 nitrogen and oxygen atoms in total. The summed E-state index contributed by atoms with van der Waals surface area (Å²) in [7, 11) is 3.27. The molecule has 0 radical (unpaired) electrons. The molecule has 0 spiro atoms. The van der Waals surface area contributed by atoms with Crippen LogP contribution in [0.15, 0.2) is 29.6 Å². The molecule has 0 aliphatic carbocycles. The fourth-order valence-electron chi connectivity index (χ4n) is 2.48. The summed E-state index contributed by atoms with van der Waals surface area (Å²) in [5, 5.41) is 12.4. The van der Waals surface area contributed by atoms with Crippen LogP contribution in [-0.2, 0) is 6.42 Å². The van der Waals surface area contributed by atoms with Crippen molar-refractivity contribution in [2.24, 2.45) is 0 Å². The molecule has 0 amide bonds. The topological polar surface area (TPSA) is 85.0 Å². The predicted octanol–water partition coefficient (Wildman–Crippen LogP) is 2.75. The van der Waals surface area contributed by atoms with Gasteiger partial charge in [-0.15, -0.1) is 11.8 Å². The quantitative estimate of drug-likeness (QED) is 0.637. The zero-order chi connectivity index (χ0) is 16.9. The normalized spacial score (nSPS) is 10.8. The number of nitrogens with one attached hydrogen (secondary N) is 2. The van der Waals surface area contributed by atoms with Gasteiger partial charge < -0.3 is 14.8 Å². The molecule has 0 unspecified atom stereocenters. The Hall–Kier alpha value is -2.48. The monoisotopic (exact) mass is 345 g/mol. The molecule has 8 heteroatoms. The van der Waals surface area contributed by atoms with E-state index in [-0.39, 0.29) is 0 Å². The molecular weight excluding hydrogens is 326 g/mol. The lowest BCUT2D eigenvalue weighted by Gasteiger charge is -2.10. The molecule has 0 bridgehead atoms. The van der Waals surface area contributed by atoms with Crippen LogP contribution in [0.3, 0.4) is 0 Å². The van der Waals surface area contributed by atoms with Crippen LogP contribution in [0.1, 0.15) is 5.56 Å². The second kappa shape index (κ2) is 7.39. The van der Waals surface area contributed by atoms with Gasteiger partial charge >= 0.3 is 0 Å². The standard InChI is InChI=1S/C16H19N5O2S/c1-22-11-5-4-10(8-12(11)23-2)6-7-17-14-13-15(19-9-18-14)20-21-16(13)24-3/h4-5,8-9H,6-7H2,1-3H3,(H2,17,18,19,20,21). The lowest BCUT2D eigenvalue weighted by molar-refractivity contribution is 0.354. The smallest absolute Gasteiger partial charge is 0.161 e. The van der Waals surface area contributed by atoms with E-state index in [0.29, 0.717) is 0 Å². The Morgan fingerprint density at radius 3 is 2.75 bits per heavy atom. The summed E-state index contributed by atoms with van der Waals surface area (Å²) >= 11 is 1.57. The summed E-state index contributed by atoms with van der Waals surface area (Å²) in [6, 6.07) is 5.93. The van der Waals surface area contributed by atoms with Gasteiger partial charge in [-0.2, -0.15) is 5.10 Å². The average molecular weight is 345 g/mol. The van der Waals surface area contributed by atoms with Gasteiger partial charge in [0.25, 0.3) is 0 Å². The largest absolute Gasteiger partial charge is 0.493 e. The molecule has 2 heterocycles. The number of aromatic amines is 1. The number of methoxy groups -OCH3 is 2. The van der Waals surface area contributed by atoms with Crippen molar-refractivity contribution in [1.29, 1.82) is 0 Å².